The number of hydrogen-bond acceptors (Lipinski definition) is 5. The Labute approximate surface area is 179 Å². The van der Waals surface area contributed by atoms with Gasteiger partial charge in [0.15, 0.2) is 5.69 Å². The van der Waals surface area contributed by atoms with E-state index >= 15 is 0 Å². The molecule has 6 nitrogen and oxygen atoms in total. The molecule has 1 aromatic heterocycles. The molecular weight excluding hydrogens is 471 g/mol. The topological polar surface area (TPSA) is 62.6 Å². The second kappa shape index (κ2) is 7.31. The van der Waals surface area contributed by atoms with Crippen LogP contribution in [0.1, 0.15) is 16.1 Å². The highest BCUT2D eigenvalue weighted by atomic mass is 79.9. The summed E-state index contributed by atoms with van der Waals surface area (Å²) in [4.78, 5) is 12.3. The molecule has 2 heterocycles. The van der Waals surface area contributed by atoms with Gasteiger partial charge >= 0.3 is 5.97 Å². The molecule has 1 aliphatic heterocycles. The Morgan fingerprint density at radius 2 is 1.89 bits per heavy atom. The lowest BCUT2D eigenvalue weighted by molar-refractivity contribution is 0.0590. The molecule has 0 fully saturated rings. The van der Waals surface area contributed by atoms with Crippen LogP contribution < -0.4 is 9.47 Å². The van der Waals surface area contributed by atoms with Gasteiger partial charge in [0.05, 0.1) is 35.6 Å². The molecule has 1 aliphatic rings. The van der Waals surface area contributed by atoms with Gasteiger partial charge in [0.1, 0.15) is 18.1 Å². The first-order valence-corrected chi connectivity index (χ1v) is 9.65. The summed E-state index contributed by atoms with van der Waals surface area (Å²) in [5, 5.41) is 5.39. The number of hydrogen-bond donors (Lipinski definition) is 0. The summed E-state index contributed by atoms with van der Waals surface area (Å²) in [5.74, 6) is 0.688. The number of nitrogens with zero attached hydrogens (tertiary/aromatic N) is 2. The van der Waals surface area contributed by atoms with E-state index < -0.39 is 5.97 Å². The largest absolute Gasteiger partial charge is 0.495 e. The fourth-order valence-electron chi connectivity index (χ4n) is 3.12. The van der Waals surface area contributed by atoms with E-state index in [1.807, 2.05) is 6.07 Å². The summed E-state index contributed by atoms with van der Waals surface area (Å²) in [6.07, 6.45) is 0. The van der Waals surface area contributed by atoms with Crippen molar-refractivity contribution in [1.29, 1.82) is 0 Å². The number of carbonyl (C=O) groups excluding carboxylic acids is 1. The molecule has 0 aliphatic carbocycles. The molecular formula is C19H13BrCl2N2O4. The molecule has 0 saturated carbocycles. The van der Waals surface area contributed by atoms with E-state index in [-0.39, 0.29) is 12.3 Å². The first-order chi connectivity index (χ1) is 13.4. The van der Waals surface area contributed by atoms with Crippen LogP contribution in [0, 0.1) is 0 Å². The number of carbonyl (C=O) groups is 1. The number of ether oxygens (including phenoxy) is 3. The maximum absolute atomic E-state index is 12.3. The van der Waals surface area contributed by atoms with Crippen molar-refractivity contribution in [2.24, 2.45) is 0 Å². The van der Waals surface area contributed by atoms with Gasteiger partial charge in [-0.25, -0.2) is 9.48 Å². The molecule has 0 N–H and O–H groups in total. The number of halogens is 3. The monoisotopic (exact) mass is 482 g/mol. The predicted octanol–water partition coefficient (Wildman–Crippen LogP) is 5.30. The zero-order chi connectivity index (χ0) is 20.0. The normalized spacial score (nSPS) is 12.0. The quantitative estimate of drug-likeness (QED) is 0.473. The van der Waals surface area contributed by atoms with E-state index in [9.17, 15) is 4.79 Å². The van der Waals surface area contributed by atoms with Crippen LogP contribution in [0.15, 0.2) is 34.8 Å². The van der Waals surface area contributed by atoms with Crippen LogP contribution in [-0.4, -0.2) is 30.0 Å². The third-order valence-electron chi connectivity index (χ3n) is 4.34. The highest BCUT2D eigenvalue weighted by Gasteiger charge is 2.31. The van der Waals surface area contributed by atoms with Gasteiger partial charge in [-0.1, -0.05) is 23.2 Å². The Balaban J connectivity index is 2.03. The minimum atomic E-state index is -0.553. The summed E-state index contributed by atoms with van der Waals surface area (Å²) in [6, 6.07) is 8.70. The molecule has 28 heavy (non-hydrogen) atoms. The maximum atomic E-state index is 12.3. The third-order valence-corrected chi connectivity index (χ3v) is 5.39. The molecule has 0 bridgehead atoms. The first-order valence-electron chi connectivity index (χ1n) is 8.10. The van der Waals surface area contributed by atoms with Gasteiger partial charge in [-0.3, -0.25) is 0 Å². The van der Waals surface area contributed by atoms with Crippen LogP contribution in [0.25, 0.3) is 16.9 Å². The average molecular weight is 484 g/mol. The SMILES string of the molecule is COC(=O)c1nn(-c2cc(Cl)cc(Cl)c2)c2c1COc1cc(OC)c(Br)cc1-2. The number of esters is 1. The minimum Gasteiger partial charge on any atom is -0.495 e. The van der Waals surface area contributed by atoms with Crippen molar-refractivity contribution in [2.45, 2.75) is 6.61 Å². The molecule has 0 amide bonds. The second-order valence-corrected chi connectivity index (χ2v) is 7.71. The fourth-order valence-corrected chi connectivity index (χ4v) is 4.14. The average Bonchev–Trinajstić information content (AvgIpc) is 3.06. The van der Waals surface area contributed by atoms with Crippen LogP contribution in [-0.2, 0) is 11.3 Å². The molecule has 0 atom stereocenters. The van der Waals surface area contributed by atoms with Gasteiger partial charge in [0, 0.05) is 21.7 Å². The molecule has 0 spiro atoms. The van der Waals surface area contributed by atoms with Crippen molar-refractivity contribution in [3.63, 3.8) is 0 Å². The Morgan fingerprint density at radius 1 is 1.18 bits per heavy atom. The molecule has 0 unspecified atom stereocenters. The van der Waals surface area contributed by atoms with Crippen molar-refractivity contribution in [1.82, 2.24) is 9.78 Å². The van der Waals surface area contributed by atoms with E-state index in [0.29, 0.717) is 38.5 Å². The Hall–Kier alpha value is -2.22. The van der Waals surface area contributed by atoms with Crippen molar-refractivity contribution >= 4 is 45.1 Å². The summed E-state index contributed by atoms with van der Waals surface area (Å²) in [7, 11) is 2.89. The van der Waals surface area contributed by atoms with E-state index in [1.54, 1.807) is 36.1 Å². The molecule has 2 aromatic carbocycles. The van der Waals surface area contributed by atoms with Crippen molar-refractivity contribution < 1.29 is 19.0 Å². The van der Waals surface area contributed by atoms with Crippen LogP contribution in [0.3, 0.4) is 0 Å². The van der Waals surface area contributed by atoms with Crippen molar-refractivity contribution in [3.8, 4) is 28.4 Å². The van der Waals surface area contributed by atoms with Gasteiger partial charge in [-0.05, 0) is 40.2 Å². The van der Waals surface area contributed by atoms with Crippen LogP contribution in [0.4, 0.5) is 0 Å². The number of methoxy groups -OCH3 is 2. The Kier molecular flexibility index (Phi) is 4.99. The van der Waals surface area contributed by atoms with Crippen molar-refractivity contribution in [3.05, 3.63) is 56.1 Å². The predicted molar refractivity (Wildman–Crippen MR) is 109 cm³/mol. The standard InChI is InChI=1S/C19H13BrCl2N2O4/c1-26-16-7-15-12(6-14(16)20)18-13(8-28-15)17(19(25)27-2)23-24(18)11-4-9(21)3-10(22)5-11/h3-7H,8H2,1-2H3. The number of rotatable bonds is 3. The molecule has 0 radical (unpaired) electrons. The number of aromatic nitrogens is 2. The zero-order valence-electron chi connectivity index (χ0n) is 14.8. The molecule has 144 valence electrons. The van der Waals surface area contributed by atoms with Gasteiger partial charge in [0.2, 0.25) is 0 Å². The van der Waals surface area contributed by atoms with Gasteiger partial charge in [-0.2, -0.15) is 5.10 Å². The maximum Gasteiger partial charge on any atom is 0.359 e. The van der Waals surface area contributed by atoms with Gasteiger partial charge in [0.25, 0.3) is 0 Å². The second-order valence-electron chi connectivity index (χ2n) is 5.98. The van der Waals surface area contributed by atoms with E-state index in [0.717, 1.165) is 10.0 Å². The van der Waals surface area contributed by atoms with Crippen LogP contribution >= 0.6 is 39.1 Å². The summed E-state index contributed by atoms with van der Waals surface area (Å²) in [6.45, 7) is 0.159. The van der Waals surface area contributed by atoms with Crippen LogP contribution in [0.5, 0.6) is 11.5 Å². The first kappa shape index (κ1) is 19.1. The lowest BCUT2D eigenvalue weighted by Gasteiger charge is -2.21. The van der Waals surface area contributed by atoms with Gasteiger partial charge < -0.3 is 14.2 Å². The Morgan fingerprint density at radius 3 is 2.54 bits per heavy atom. The molecule has 9 heteroatoms. The number of fused-ring (bicyclic) bond motifs is 3. The highest BCUT2D eigenvalue weighted by Crippen LogP contribution is 2.45. The molecule has 3 aromatic rings. The lowest BCUT2D eigenvalue weighted by Crippen LogP contribution is -2.11. The summed E-state index contributed by atoms with van der Waals surface area (Å²) in [5.41, 5.74) is 2.85. The Bertz CT molecular complexity index is 1090. The minimum absolute atomic E-state index is 0.159. The van der Waals surface area contributed by atoms with Gasteiger partial charge in [-0.15, -0.1) is 0 Å². The smallest absolute Gasteiger partial charge is 0.359 e. The van der Waals surface area contributed by atoms with Crippen molar-refractivity contribution in [2.75, 3.05) is 14.2 Å². The van der Waals surface area contributed by atoms with E-state index in [4.69, 9.17) is 37.4 Å². The third kappa shape index (κ3) is 3.13. The summed E-state index contributed by atoms with van der Waals surface area (Å²) >= 11 is 15.9. The number of benzene rings is 2. The van der Waals surface area contributed by atoms with E-state index in [2.05, 4.69) is 21.0 Å². The highest BCUT2D eigenvalue weighted by molar-refractivity contribution is 9.10. The lowest BCUT2D eigenvalue weighted by atomic mass is 10.0. The van der Waals surface area contributed by atoms with Crippen LogP contribution in [0.2, 0.25) is 10.0 Å². The molecule has 4 rings (SSSR count). The fraction of sp³-hybridized carbons (Fsp3) is 0.158. The molecule has 0 saturated heterocycles. The zero-order valence-corrected chi connectivity index (χ0v) is 17.9. The van der Waals surface area contributed by atoms with E-state index in [1.165, 1.54) is 7.11 Å². The summed E-state index contributed by atoms with van der Waals surface area (Å²) < 4.78 is 18.5.